The molecule has 30 heavy (non-hydrogen) atoms. The Labute approximate surface area is 179 Å². The van der Waals surface area contributed by atoms with E-state index in [1.165, 1.54) is 0 Å². The SMILES string of the molecule is CCS(=O)(=O)Nc1ccccc1-c1nc(CNC(=O)CCc2scnc2C)c(C)o1. The first kappa shape index (κ1) is 22.0. The number of carbonyl (C=O) groups is 1. The van der Waals surface area contributed by atoms with Gasteiger partial charge in [0, 0.05) is 11.3 Å². The standard InChI is InChI=1S/C20H24N4O4S2/c1-4-30(26,27)24-16-8-6-5-7-15(16)20-23-17(14(3)28-20)11-21-19(25)10-9-18-13(2)22-12-29-18/h5-8,12,24H,4,9-11H2,1-3H3,(H,21,25). The largest absolute Gasteiger partial charge is 0.441 e. The molecule has 0 saturated heterocycles. The van der Waals surface area contributed by atoms with Gasteiger partial charge in [0.05, 0.1) is 34.8 Å². The van der Waals surface area contributed by atoms with Crippen molar-refractivity contribution in [3.05, 3.63) is 51.8 Å². The van der Waals surface area contributed by atoms with E-state index in [1.807, 2.05) is 6.92 Å². The summed E-state index contributed by atoms with van der Waals surface area (Å²) in [5.41, 5.74) is 4.27. The number of aromatic nitrogens is 2. The van der Waals surface area contributed by atoms with Crippen LogP contribution in [-0.2, 0) is 27.8 Å². The van der Waals surface area contributed by atoms with Gasteiger partial charge < -0.3 is 9.73 Å². The van der Waals surface area contributed by atoms with Crippen LogP contribution >= 0.6 is 11.3 Å². The molecule has 0 spiro atoms. The molecule has 2 aromatic heterocycles. The van der Waals surface area contributed by atoms with Crippen LogP contribution in [0.15, 0.2) is 34.2 Å². The van der Waals surface area contributed by atoms with Crippen LogP contribution in [0, 0.1) is 13.8 Å². The van der Waals surface area contributed by atoms with Gasteiger partial charge in [-0.3, -0.25) is 9.52 Å². The van der Waals surface area contributed by atoms with Crippen molar-refractivity contribution in [1.29, 1.82) is 0 Å². The van der Waals surface area contributed by atoms with Gasteiger partial charge in [-0.2, -0.15) is 0 Å². The van der Waals surface area contributed by atoms with E-state index >= 15 is 0 Å². The Balaban J connectivity index is 1.67. The van der Waals surface area contributed by atoms with Crippen molar-refractivity contribution in [2.75, 3.05) is 10.5 Å². The van der Waals surface area contributed by atoms with Gasteiger partial charge in [-0.1, -0.05) is 12.1 Å². The molecular formula is C20H24N4O4S2. The molecule has 0 fully saturated rings. The number of rotatable bonds is 9. The number of para-hydroxylation sites is 1. The molecule has 0 atom stereocenters. The van der Waals surface area contributed by atoms with Crippen LogP contribution in [0.5, 0.6) is 0 Å². The normalized spacial score (nSPS) is 11.4. The first-order chi connectivity index (χ1) is 14.3. The third kappa shape index (κ3) is 5.45. The average molecular weight is 449 g/mol. The van der Waals surface area contributed by atoms with Crippen LogP contribution in [0.1, 0.15) is 35.4 Å². The lowest BCUT2D eigenvalue weighted by atomic mass is 10.2. The summed E-state index contributed by atoms with van der Waals surface area (Å²) in [7, 11) is -3.44. The quantitative estimate of drug-likeness (QED) is 0.518. The molecule has 0 aliphatic carbocycles. The second-order valence-corrected chi connectivity index (χ2v) is 9.66. The molecule has 0 aliphatic heterocycles. The van der Waals surface area contributed by atoms with Crippen LogP contribution in [0.4, 0.5) is 5.69 Å². The first-order valence-corrected chi connectivity index (χ1v) is 12.0. The number of amides is 1. The third-order valence-corrected chi connectivity index (χ3v) is 6.86. The molecule has 0 bridgehead atoms. The number of oxazole rings is 1. The predicted octanol–water partition coefficient (Wildman–Crippen LogP) is 3.43. The summed E-state index contributed by atoms with van der Waals surface area (Å²) in [5.74, 6) is 0.746. The Morgan fingerprint density at radius 3 is 2.70 bits per heavy atom. The minimum Gasteiger partial charge on any atom is -0.441 e. The highest BCUT2D eigenvalue weighted by Gasteiger charge is 2.17. The number of nitrogens with one attached hydrogen (secondary N) is 2. The van der Waals surface area contributed by atoms with Crippen molar-refractivity contribution >= 4 is 33.0 Å². The summed E-state index contributed by atoms with van der Waals surface area (Å²) in [5, 5.41) is 2.86. The van der Waals surface area contributed by atoms with Crippen molar-refractivity contribution in [1.82, 2.24) is 15.3 Å². The van der Waals surface area contributed by atoms with Crippen LogP contribution in [0.3, 0.4) is 0 Å². The summed E-state index contributed by atoms with van der Waals surface area (Å²) < 4.78 is 32.2. The number of sulfonamides is 1. The Bertz CT molecular complexity index is 1140. The fraction of sp³-hybridized carbons (Fsp3) is 0.350. The van der Waals surface area contributed by atoms with E-state index in [1.54, 1.807) is 55.0 Å². The second kappa shape index (κ2) is 9.40. The lowest BCUT2D eigenvalue weighted by molar-refractivity contribution is -0.121. The zero-order chi connectivity index (χ0) is 21.7. The average Bonchev–Trinajstić information content (AvgIpc) is 3.30. The number of aryl methyl sites for hydroxylation is 3. The number of anilines is 1. The molecule has 0 aliphatic rings. The van der Waals surface area contributed by atoms with Gasteiger partial charge in [-0.05, 0) is 39.3 Å². The molecular weight excluding hydrogens is 424 g/mol. The fourth-order valence-electron chi connectivity index (χ4n) is 2.77. The minimum atomic E-state index is -3.44. The monoisotopic (exact) mass is 448 g/mol. The maximum atomic E-state index is 12.2. The molecule has 160 valence electrons. The molecule has 2 N–H and O–H groups in total. The van der Waals surface area contributed by atoms with Crippen molar-refractivity contribution in [2.24, 2.45) is 0 Å². The van der Waals surface area contributed by atoms with E-state index in [0.29, 0.717) is 41.4 Å². The molecule has 3 aromatic rings. The van der Waals surface area contributed by atoms with E-state index in [0.717, 1.165) is 10.6 Å². The van der Waals surface area contributed by atoms with Gasteiger partial charge in [0.25, 0.3) is 0 Å². The molecule has 0 unspecified atom stereocenters. The van der Waals surface area contributed by atoms with Gasteiger partial charge in [-0.25, -0.2) is 18.4 Å². The number of hydrogen-bond donors (Lipinski definition) is 2. The number of hydrogen-bond acceptors (Lipinski definition) is 7. The highest BCUT2D eigenvalue weighted by molar-refractivity contribution is 7.92. The highest BCUT2D eigenvalue weighted by Crippen LogP contribution is 2.29. The lowest BCUT2D eigenvalue weighted by Crippen LogP contribution is -2.23. The molecule has 0 radical (unpaired) electrons. The van der Waals surface area contributed by atoms with Crippen LogP contribution in [0.2, 0.25) is 0 Å². The van der Waals surface area contributed by atoms with Crippen LogP contribution < -0.4 is 10.0 Å². The first-order valence-electron chi connectivity index (χ1n) is 9.51. The van der Waals surface area contributed by atoms with Crippen molar-refractivity contribution in [3.63, 3.8) is 0 Å². The van der Waals surface area contributed by atoms with E-state index < -0.39 is 10.0 Å². The Morgan fingerprint density at radius 2 is 2.00 bits per heavy atom. The molecule has 10 heteroatoms. The molecule has 2 heterocycles. The summed E-state index contributed by atoms with van der Waals surface area (Å²) in [6.07, 6.45) is 1.02. The maximum Gasteiger partial charge on any atom is 0.232 e. The topological polar surface area (TPSA) is 114 Å². The molecule has 1 amide bonds. The molecule has 3 rings (SSSR count). The Hall–Kier alpha value is -2.72. The van der Waals surface area contributed by atoms with Gasteiger partial charge in [0.2, 0.25) is 21.8 Å². The van der Waals surface area contributed by atoms with Gasteiger partial charge >= 0.3 is 0 Å². The third-order valence-electron chi connectivity index (χ3n) is 4.57. The minimum absolute atomic E-state index is 0.0374. The molecule has 1 aromatic carbocycles. The van der Waals surface area contributed by atoms with Crippen molar-refractivity contribution in [3.8, 4) is 11.5 Å². The summed E-state index contributed by atoms with van der Waals surface area (Å²) >= 11 is 1.55. The number of thiazole rings is 1. The number of benzene rings is 1. The van der Waals surface area contributed by atoms with Gasteiger partial charge in [0.15, 0.2) is 0 Å². The number of carbonyl (C=O) groups excluding carboxylic acids is 1. The van der Waals surface area contributed by atoms with Crippen LogP contribution in [-0.4, -0.2) is 30.0 Å². The summed E-state index contributed by atoms with van der Waals surface area (Å²) in [4.78, 5) is 22.0. The highest BCUT2D eigenvalue weighted by atomic mass is 32.2. The second-order valence-electron chi connectivity index (χ2n) is 6.71. The summed E-state index contributed by atoms with van der Waals surface area (Å²) in [6, 6.07) is 6.91. The zero-order valence-electron chi connectivity index (χ0n) is 17.1. The van der Waals surface area contributed by atoms with E-state index in [4.69, 9.17) is 4.42 Å². The van der Waals surface area contributed by atoms with Gasteiger partial charge in [-0.15, -0.1) is 11.3 Å². The van der Waals surface area contributed by atoms with E-state index in [9.17, 15) is 13.2 Å². The Morgan fingerprint density at radius 1 is 1.23 bits per heavy atom. The fourth-order valence-corrected chi connectivity index (χ4v) is 4.21. The Kier molecular flexibility index (Phi) is 6.88. The molecule has 0 saturated carbocycles. The zero-order valence-corrected chi connectivity index (χ0v) is 18.7. The smallest absolute Gasteiger partial charge is 0.232 e. The van der Waals surface area contributed by atoms with Crippen molar-refractivity contribution in [2.45, 2.75) is 40.2 Å². The van der Waals surface area contributed by atoms with Gasteiger partial charge in [0.1, 0.15) is 11.5 Å². The summed E-state index contributed by atoms with van der Waals surface area (Å²) in [6.45, 7) is 5.50. The van der Waals surface area contributed by atoms with E-state index in [2.05, 4.69) is 20.0 Å². The predicted molar refractivity (Wildman–Crippen MR) is 117 cm³/mol. The van der Waals surface area contributed by atoms with E-state index in [-0.39, 0.29) is 18.2 Å². The number of nitrogens with zero attached hydrogens (tertiary/aromatic N) is 2. The lowest BCUT2D eigenvalue weighted by Gasteiger charge is -2.09. The van der Waals surface area contributed by atoms with Crippen molar-refractivity contribution < 1.29 is 17.6 Å². The maximum absolute atomic E-state index is 12.2. The van der Waals surface area contributed by atoms with Crippen LogP contribution in [0.25, 0.3) is 11.5 Å². The molecule has 8 nitrogen and oxygen atoms in total.